The van der Waals surface area contributed by atoms with Crippen LogP contribution < -0.4 is 20.4 Å². The van der Waals surface area contributed by atoms with Gasteiger partial charge in [-0.15, -0.1) is 0 Å². The van der Waals surface area contributed by atoms with E-state index in [-0.39, 0.29) is 17.3 Å². The molecule has 8 nitrogen and oxygen atoms in total. The number of anilines is 1. The molecule has 8 heteroatoms. The molecule has 3 aromatic rings. The Morgan fingerprint density at radius 2 is 2.03 bits per heavy atom. The van der Waals surface area contributed by atoms with E-state index in [1.165, 1.54) is 13.2 Å². The minimum atomic E-state index is -0.756. The minimum Gasteiger partial charge on any atom is -0.493 e. The van der Waals surface area contributed by atoms with Crippen LogP contribution in [0.3, 0.4) is 0 Å². The molecule has 0 bridgehead atoms. The van der Waals surface area contributed by atoms with Gasteiger partial charge in [-0.2, -0.15) is 0 Å². The summed E-state index contributed by atoms with van der Waals surface area (Å²) in [5.41, 5.74) is 1.04. The third kappa shape index (κ3) is 4.61. The summed E-state index contributed by atoms with van der Waals surface area (Å²) in [6.45, 7) is 4.47. The number of ether oxygens (including phenoxy) is 2. The summed E-state index contributed by atoms with van der Waals surface area (Å²) in [5.74, 6) is 0.228. The number of nitrogens with zero attached hydrogens (tertiary/aromatic N) is 1. The van der Waals surface area contributed by atoms with Crippen LogP contribution in [0.2, 0.25) is 0 Å². The van der Waals surface area contributed by atoms with Crippen LogP contribution in [-0.2, 0) is 6.54 Å². The minimum absolute atomic E-state index is 0.0970. The van der Waals surface area contributed by atoms with E-state index in [0.29, 0.717) is 35.7 Å². The lowest BCUT2D eigenvalue weighted by molar-refractivity contribution is 0.102. The fourth-order valence-electron chi connectivity index (χ4n) is 3.85. The quantitative estimate of drug-likeness (QED) is 0.547. The normalized spacial score (nSPS) is 16.3. The van der Waals surface area contributed by atoms with Crippen LogP contribution in [-0.4, -0.2) is 48.8 Å². The Morgan fingerprint density at radius 1 is 1.25 bits per heavy atom. The molecular formula is C24H26N2O6. The third-order valence-electron chi connectivity index (χ3n) is 5.44. The summed E-state index contributed by atoms with van der Waals surface area (Å²) in [6, 6.07) is 12.3. The summed E-state index contributed by atoms with van der Waals surface area (Å²) >= 11 is 0. The summed E-state index contributed by atoms with van der Waals surface area (Å²) in [7, 11) is 1.50. The van der Waals surface area contributed by atoms with Gasteiger partial charge in [0.1, 0.15) is 5.56 Å². The maximum atomic E-state index is 12.7. The molecule has 1 aliphatic rings. The molecule has 32 heavy (non-hydrogen) atoms. The molecule has 1 amide bonds. The first-order valence-corrected chi connectivity index (χ1v) is 10.6. The van der Waals surface area contributed by atoms with E-state index in [4.69, 9.17) is 13.9 Å². The first-order chi connectivity index (χ1) is 15.5. The summed E-state index contributed by atoms with van der Waals surface area (Å²) < 4.78 is 16.3. The molecule has 0 aliphatic carbocycles. The number of hydrogen-bond acceptors (Lipinski definition) is 7. The number of aliphatic hydroxyl groups excluding tert-OH is 1. The smallest absolute Gasteiger partial charge is 0.349 e. The highest BCUT2D eigenvalue weighted by molar-refractivity contribution is 6.05. The Labute approximate surface area is 185 Å². The van der Waals surface area contributed by atoms with Crippen molar-refractivity contribution in [3.05, 3.63) is 64.0 Å². The number of β-amino-alcohol motifs (C(OH)–C–C–N with tert-alkyl or cyclic N) is 1. The number of likely N-dealkylation sites (tertiary alicyclic amines) is 1. The van der Waals surface area contributed by atoms with Gasteiger partial charge in [-0.1, -0.05) is 12.1 Å². The summed E-state index contributed by atoms with van der Waals surface area (Å²) in [5, 5.41) is 13.0. The van der Waals surface area contributed by atoms with Crippen molar-refractivity contribution in [2.24, 2.45) is 0 Å². The largest absolute Gasteiger partial charge is 0.493 e. The molecule has 2 aromatic carbocycles. The molecule has 1 fully saturated rings. The van der Waals surface area contributed by atoms with E-state index in [2.05, 4.69) is 10.2 Å². The fourth-order valence-corrected chi connectivity index (χ4v) is 3.85. The van der Waals surface area contributed by atoms with Crippen LogP contribution in [0.15, 0.2) is 51.7 Å². The van der Waals surface area contributed by atoms with Crippen molar-refractivity contribution in [3.8, 4) is 11.5 Å². The van der Waals surface area contributed by atoms with Crippen molar-refractivity contribution in [1.82, 2.24) is 4.90 Å². The summed E-state index contributed by atoms with van der Waals surface area (Å²) in [4.78, 5) is 27.5. The first-order valence-electron chi connectivity index (χ1n) is 10.6. The van der Waals surface area contributed by atoms with E-state index in [1.807, 2.05) is 19.1 Å². The van der Waals surface area contributed by atoms with Crippen molar-refractivity contribution in [2.75, 3.05) is 32.1 Å². The Morgan fingerprint density at radius 3 is 2.69 bits per heavy atom. The number of carbonyl (C=O) groups is 1. The number of amides is 1. The molecular weight excluding hydrogens is 412 g/mol. The maximum Gasteiger partial charge on any atom is 0.349 e. The van der Waals surface area contributed by atoms with Crippen LogP contribution in [0.1, 0.15) is 29.3 Å². The fraction of sp³-hybridized carbons (Fsp3) is 0.333. The van der Waals surface area contributed by atoms with Gasteiger partial charge in [0.05, 0.1) is 19.8 Å². The number of rotatable bonds is 7. The van der Waals surface area contributed by atoms with Gasteiger partial charge in [0.25, 0.3) is 5.91 Å². The lowest BCUT2D eigenvalue weighted by Gasteiger charge is -2.15. The lowest BCUT2D eigenvalue weighted by Crippen LogP contribution is -2.22. The second-order valence-electron chi connectivity index (χ2n) is 7.72. The number of carbonyl (C=O) groups excluding carboxylic acids is 1. The Bertz CT molecular complexity index is 1170. The van der Waals surface area contributed by atoms with Gasteiger partial charge < -0.3 is 24.3 Å². The van der Waals surface area contributed by atoms with Gasteiger partial charge in [-0.25, -0.2) is 4.79 Å². The molecule has 1 atom stereocenters. The number of aliphatic hydroxyl groups is 1. The topological polar surface area (TPSA) is 101 Å². The van der Waals surface area contributed by atoms with Gasteiger partial charge in [0.15, 0.2) is 11.3 Å². The predicted octanol–water partition coefficient (Wildman–Crippen LogP) is 3.02. The van der Waals surface area contributed by atoms with Crippen molar-refractivity contribution in [1.29, 1.82) is 0 Å². The van der Waals surface area contributed by atoms with Crippen LogP contribution in [0.5, 0.6) is 11.5 Å². The van der Waals surface area contributed by atoms with Crippen molar-refractivity contribution in [3.63, 3.8) is 0 Å². The van der Waals surface area contributed by atoms with Gasteiger partial charge in [0, 0.05) is 30.7 Å². The standard InChI is InChI=1S/C24H26N2O6/c1-3-31-22-20(30-2)9-6-16-12-19(24(29)32-21(16)22)23(28)25-17-7-4-15(5-8-17)13-26-11-10-18(27)14-26/h4-9,12,18,27H,3,10-11,13-14H2,1-2H3,(H,25,28)/t18-/m0/s1. The molecule has 0 unspecified atom stereocenters. The molecule has 2 N–H and O–H groups in total. The number of benzene rings is 2. The van der Waals surface area contributed by atoms with Gasteiger partial charge in [0.2, 0.25) is 5.75 Å². The second-order valence-corrected chi connectivity index (χ2v) is 7.72. The molecule has 0 radical (unpaired) electrons. The van der Waals surface area contributed by atoms with E-state index < -0.39 is 11.5 Å². The highest BCUT2D eigenvalue weighted by Gasteiger charge is 2.20. The Hall–Kier alpha value is -3.36. The number of fused-ring (bicyclic) bond motifs is 1. The monoisotopic (exact) mass is 438 g/mol. The average molecular weight is 438 g/mol. The number of hydrogen-bond donors (Lipinski definition) is 2. The Balaban J connectivity index is 1.52. The molecule has 1 aliphatic heterocycles. The van der Waals surface area contributed by atoms with Gasteiger partial charge >= 0.3 is 5.63 Å². The average Bonchev–Trinajstić information content (AvgIpc) is 3.19. The number of nitrogens with one attached hydrogen (secondary N) is 1. The van der Waals surface area contributed by atoms with Crippen LogP contribution in [0.25, 0.3) is 11.0 Å². The van der Waals surface area contributed by atoms with E-state index in [1.54, 1.807) is 24.3 Å². The molecule has 4 rings (SSSR count). The van der Waals surface area contributed by atoms with Crippen molar-refractivity contribution >= 4 is 22.6 Å². The van der Waals surface area contributed by atoms with Crippen LogP contribution >= 0.6 is 0 Å². The molecule has 2 heterocycles. The van der Waals surface area contributed by atoms with Gasteiger partial charge in [-0.3, -0.25) is 9.69 Å². The second kappa shape index (κ2) is 9.42. The zero-order valence-corrected chi connectivity index (χ0v) is 18.1. The Kier molecular flexibility index (Phi) is 6.43. The molecule has 1 aromatic heterocycles. The molecule has 1 saturated heterocycles. The van der Waals surface area contributed by atoms with E-state index in [9.17, 15) is 14.7 Å². The van der Waals surface area contributed by atoms with Gasteiger partial charge in [-0.05, 0) is 49.2 Å². The SMILES string of the molecule is CCOc1c(OC)ccc2cc(C(=O)Nc3ccc(CN4CC[C@H](O)C4)cc3)c(=O)oc12. The maximum absolute atomic E-state index is 12.7. The molecule has 0 saturated carbocycles. The third-order valence-corrected chi connectivity index (χ3v) is 5.44. The van der Waals surface area contributed by atoms with E-state index >= 15 is 0 Å². The highest BCUT2D eigenvalue weighted by Crippen LogP contribution is 2.35. The molecule has 168 valence electrons. The van der Waals surface area contributed by atoms with Crippen LogP contribution in [0.4, 0.5) is 5.69 Å². The highest BCUT2D eigenvalue weighted by atomic mass is 16.5. The molecule has 0 spiro atoms. The number of methoxy groups -OCH3 is 1. The lowest BCUT2D eigenvalue weighted by atomic mass is 10.1. The zero-order valence-electron chi connectivity index (χ0n) is 18.1. The first kappa shape index (κ1) is 21.9. The van der Waals surface area contributed by atoms with E-state index in [0.717, 1.165) is 25.1 Å². The van der Waals surface area contributed by atoms with Crippen molar-refractivity contribution in [2.45, 2.75) is 26.0 Å². The summed E-state index contributed by atoms with van der Waals surface area (Å²) in [6.07, 6.45) is 0.536. The zero-order chi connectivity index (χ0) is 22.7. The van der Waals surface area contributed by atoms with Crippen molar-refractivity contribution < 1.29 is 23.8 Å². The van der Waals surface area contributed by atoms with Crippen LogP contribution in [0, 0.1) is 0 Å². The predicted molar refractivity (Wildman–Crippen MR) is 121 cm³/mol.